The maximum atomic E-state index is 13.1. The first-order valence-corrected chi connectivity index (χ1v) is 10.9. The van der Waals surface area contributed by atoms with E-state index in [0.29, 0.717) is 43.2 Å². The average molecular weight is 439 g/mol. The van der Waals surface area contributed by atoms with Crippen LogP contribution in [0.25, 0.3) is 11.4 Å². The molecule has 1 fully saturated rings. The van der Waals surface area contributed by atoms with Crippen molar-refractivity contribution in [1.29, 1.82) is 0 Å². The number of carbonyl (C=O) groups is 1. The summed E-state index contributed by atoms with van der Waals surface area (Å²) in [5.74, 6) is 2.57. The van der Waals surface area contributed by atoms with E-state index < -0.39 is 0 Å². The molecule has 0 saturated carbocycles. The van der Waals surface area contributed by atoms with Gasteiger partial charge in [-0.2, -0.15) is 4.98 Å². The SMILES string of the molecule is Cc1cc(N2CCN(C(=O)CCc3nc(-c4ccc(F)cc4)no3)CC2)nc(C(C)C)n1. The van der Waals surface area contributed by atoms with E-state index in [1.54, 1.807) is 12.1 Å². The molecule has 0 radical (unpaired) electrons. The third kappa shape index (κ3) is 5.09. The molecule has 3 aromatic rings. The Morgan fingerprint density at radius 2 is 1.81 bits per heavy atom. The smallest absolute Gasteiger partial charge is 0.227 e. The van der Waals surface area contributed by atoms with Gasteiger partial charge in [0.2, 0.25) is 17.6 Å². The van der Waals surface area contributed by atoms with E-state index in [1.165, 1.54) is 12.1 Å². The predicted molar refractivity (Wildman–Crippen MR) is 118 cm³/mol. The summed E-state index contributed by atoms with van der Waals surface area (Å²) in [5, 5.41) is 3.92. The molecule has 0 spiro atoms. The van der Waals surface area contributed by atoms with Crippen molar-refractivity contribution in [2.45, 2.75) is 39.5 Å². The standard InChI is InChI=1S/C23H27FN6O2/c1-15(2)22-25-16(3)14-19(26-22)29-10-12-30(13-11-29)21(31)9-8-20-27-23(28-32-20)17-4-6-18(24)7-5-17/h4-7,14-15H,8-13H2,1-3H3. The Kier molecular flexibility index (Phi) is 6.43. The van der Waals surface area contributed by atoms with E-state index in [1.807, 2.05) is 17.9 Å². The van der Waals surface area contributed by atoms with Gasteiger partial charge in [-0.25, -0.2) is 14.4 Å². The van der Waals surface area contributed by atoms with Gasteiger partial charge in [-0.3, -0.25) is 4.79 Å². The minimum atomic E-state index is -0.321. The van der Waals surface area contributed by atoms with E-state index in [4.69, 9.17) is 9.51 Å². The summed E-state index contributed by atoms with van der Waals surface area (Å²) in [5.41, 5.74) is 1.63. The number of nitrogens with zero attached hydrogens (tertiary/aromatic N) is 6. The van der Waals surface area contributed by atoms with Gasteiger partial charge in [0, 0.05) is 62.3 Å². The first kappa shape index (κ1) is 21.9. The maximum absolute atomic E-state index is 13.1. The normalized spacial score (nSPS) is 14.3. The first-order chi connectivity index (χ1) is 15.4. The van der Waals surface area contributed by atoms with Gasteiger partial charge in [0.25, 0.3) is 0 Å². The minimum absolute atomic E-state index is 0.0629. The van der Waals surface area contributed by atoms with Crippen LogP contribution >= 0.6 is 0 Å². The molecule has 1 amide bonds. The van der Waals surface area contributed by atoms with Crippen LogP contribution in [0.4, 0.5) is 10.2 Å². The molecule has 0 bridgehead atoms. The number of amides is 1. The quantitative estimate of drug-likeness (QED) is 0.583. The number of aryl methyl sites for hydroxylation is 2. The van der Waals surface area contributed by atoms with E-state index >= 15 is 0 Å². The number of anilines is 1. The van der Waals surface area contributed by atoms with Crippen molar-refractivity contribution in [3.63, 3.8) is 0 Å². The zero-order chi connectivity index (χ0) is 22.7. The summed E-state index contributed by atoms with van der Waals surface area (Å²) in [4.78, 5) is 30.3. The second-order valence-electron chi connectivity index (χ2n) is 8.27. The van der Waals surface area contributed by atoms with Gasteiger partial charge in [0.1, 0.15) is 17.5 Å². The summed E-state index contributed by atoms with van der Waals surface area (Å²) in [6.45, 7) is 8.90. The third-order valence-electron chi connectivity index (χ3n) is 5.45. The fourth-order valence-corrected chi connectivity index (χ4v) is 3.62. The van der Waals surface area contributed by atoms with Gasteiger partial charge < -0.3 is 14.3 Å². The molecule has 0 atom stereocenters. The molecule has 9 heteroatoms. The molecule has 4 rings (SSSR count). The van der Waals surface area contributed by atoms with Gasteiger partial charge in [0.05, 0.1) is 0 Å². The molecule has 0 unspecified atom stereocenters. The van der Waals surface area contributed by atoms with Crippen LogP contribution in [-0.2, 0) is 11.2 Å². The Bertz CT molecular complexity index is 1070. The average Bonchev–Trinajstić information content (AvgIpc) is 3.26. The van der Waals surface area contributed by atoms with Crippen LogP contribution in [0.1, 0.15) is 43.6 Å². The van der Waals surface area contributed by atoms with Gasteiger partial charge in [0.15, 0.2) is 0 Å². The Morgan fingerprint density at radius 3 is 2.50 bits per heavy atom. The molecular weight excluding hydrogens is 411 g/mol. The second-order valence-corrected chi connectivity index (χ2v) is 8.27. The van der Waals surface area contributed by atoms with Crippen molar-refractivity contribution in [2.75, 3.05) is 31.1 Å². The summed E-state index contributed by atoms with van der Waals surface area (Å²) in [7, 11) is 0. The fourth-order valence-electron chi connectivity index (χ4n) is 3.62. The van der Waals surface area contributed by atoms with E-state index in [9.17, 15) is 9.18 Å². The Balaban J connectivity index is 1.29. The van der Waals surface area contributed by atoms with Gasteiger partial charge >= 0.3 is 0 Å². The molecule has 1 saturated heterocycles. The highest BCUT2D eigenvalue weighted by Crippen LogP contribution is 2.20. The number of hydrogen-bond donors (Lipinski definition) is 0. The van der Waals surface area contributed by atoms with Crippen molar-refractivity contribution < 1.29 is 13.7 Å². The van der Waals surface area contributed by atoms with Gasteiger partial charge in [-0.05, 0) is 31.2 Å². The monoisotopic (exact) mass is 438 g/mol. The Morgan fingerprint density at radius 1 is 1.09 bits per heavy atom. The zero-order valence-corrected chi connectivity index (χ0v) is 18.6. The number of piperazine rings is 1. The fraction of sp³-hybridized carbons (Fsp3) is 0.435. The number of hydrogen-bond acceptors (Lipinski definition) is 7. The summed E-state index contributed by atoms with van der Waals surface area (Å²) < 4.78 is 18.3. The molecular formula is C23H27FN6O2. The van der Waals surface area contributed by atoms with Crippen molar-refractivity contribution >= 4 is 11.7 Å². The molecule has 2 aromatic heterocycles. The number of rotatable bonds is 6. The van der Waals surface area contributed by atoms with E-state index in [0.717, 1.165) is 30.4 Å². The lowest BCUT2D eigenvalue weighted by molar-refractivity contribution is -0.131. The van der Waals surface area contributed by atoms with E-state index in [2.05, 4.69) is 33.9 Å². The highest BCUT2D eigenvalue weighted by molar-refractivity contribution is 5.76. The number of halogens is 1. The lowest BCUT2D eigenvalue weighted by Crippen LogP contribution is -2.49. The zero-order valence-electron chi connectivity index (χ0n) is 18.6. The summed E-state index contributed by atoms with van der Waals surface area (Å²) >= 11 is 0. The third-order valence-corrected chi connectivity index (χ3v) is 5.45. The highest BCUT2D eigenvalue weighted by atomic mass is 19.1. The van der Waals surface area contributed by atoms with Crippen LogP contribution in [0, 0.1) is 12.7 Å². The molecule has 0 aliphatic carbocycles. The molecule has 1 aliphatic heterocycles. The summed E-state index contributed by atoms with van der Waals surface area (Å²) in [6.07, 6.45) is 0.672. The lowest BCUT2D eigenvalue weighted by Gasteiger charge is -2.35. The molecule has 1 aromatic carbocycles. The molecule has 8 nitrogen and oxygen atoms in total. The number of carbonyl (C=O) groups excluding carboxylic acids is 1. The molecule has 32 heavy (non-hydrogen) atoms. The van der Waals surface area contributed by atoms with Crippen LogP contribution in [0.2, 0.25) is 0 Å². The Hall–Kier alpha value is -3.36. The number of aromatic nitrogens is 4. The van der Waals surface area contributed by atoms with Crippen LogP contribution in [0.3, 0.4) is 0 Å². The van der Waals surface area contributed by atoms with Crippen LogP contribution in [-0.4, -0.2) is 57.1 Å². The van der Waals surface area contributed by atoms with Crippen LogP contribution in [0.15, 0.2) is 34.9 Å². The number of benzene rings is 1. The first-order valence-electron chi connectivity index (χ1n) is 10.9. The van der Waals surface area contributed by atoms with Crippen LogP contribution < -0.4 is 4.90 Å². The van der Waals surface area contributed by atoms with Gasteiger partial charge in [-0.15, -0.1) is 0 Å². The molecule has 1 aliphatic rings. The largest absolute Gasteiger partial charge is 0.353 e. The van der Waals surface area contributed by atoms with E-state index in [-0.39, 0.29) is 17.6 Å². The highest BCUT2D eigenvalue weighted by Gasteiger charge is 2.23. The Labute approximate surface area is 186 Å². The van der Waals surface area contributed by atoms with Crippen LogP contribution in [0.5, 0.6) is 0 Å². The minimum Gasteiger partial charge on any atom is -0.353 e. The topological polar surface area (TPSA) is 88.2 Å². The lowest BCUT2D eigenvalue weighted by atomic mass is 10.2. The van der Waals surface area contributed by atoms with Crippen molar-refractivity contribution in [3.8, 4) is 11.4 Å². The maximum Gasteiger partial charge on any atom is 0.227 e. The second kappa shape index (κ2) is 9.42. The predicted octanol–water partition coefficient (Wildman–Crippen LogP) is 3.38. The van der Waals surface area contributed by atoms with Crippen molar-refractivity contribution in [1.82, 2.24) is 25.0 Å². The van der Waals surface area contributed by atoms with Gasteiger partial charge in [-0.1, -0.05) is 19.0 Å². The molecule has 0 N–H and O–H groups in total. The molecule has 3 heterocycles. The summed E-state index contributed by atoms with van der Waals surface area (Å²) in [6, 6.07) is 7.88. The van der Waals surface area contributed by atoms with Crippen molar-refractivity contribution in [2.24, 2.45) is 0 Å². The van der Waals surface area contributed by atoms with Crippen molar-refractivity contribution in [3.05, 3.63) is 53.6 Å². The molecule has 168 valence electrons.